The lowest BCUT2D eigenvalue weighted by Gasteiger charge is -2.21. The minimum atomic E-state index is 0.442. The van der Waals surface area contributed by atoms with Crippen molar-refractivity contribution in [2.75, 3.05) is 25.5 Å². The summed E-state index contributed by atoms with van der Waals surface area (Å²) in [4.78, 5) is 6.65. The highest BCUT2D eigenvalue weighted by Crippen LogP contribution is 2.20. The van der Waals surface area contributed by atoms with Crippen LogP contribution in [0.25, 0.3) is 0 Å². The highest BCUT2D eigenvalue weighted by molar-refractivity contribution is 5.47. The zero-order valence-corrected chi connectivity index (χ0v) is 13.2. The number of aromatic nitrogens is 1. The SMILES string of the molecule is CCC(NC)c1ccc(N(C)CCc2ccccn2)cc1. The Morgan fingerprint density at radius 1 is 1.14 bits per heavy atom. The maximum atomic E-state index is 4.37. The van der Waals surface area contributed by atoms with E-state index in [1.54, 1.807) is 0 Å². The summed E-state index contributed by atoms with van der Waals surface area (Å²) in [6.07, 6.45) is 3.92. The first-order valence-corrected chi connectivity index (χ1v) is 7.63. The van der Waals surface area contributed by atoms with Crippen molar-refractivity contribution in [3.8, 4) is 0 Å². The second-order valence-corrected chi connectivity index (χ2v) is 5.33. The van der Waals surface area contributed by atoms with E-state index in [0.29, 0.717) is 6.04 Å². The summed E-state index contributed by atoms with van der Waals surface area (Å²) in [5, 5.41) is 3.34. The van der Waals surface area contributed by atoms with Crippen molar-refractivity contribution in [2.45, 2.75) is 25.8 Å². The first-order valence-electron chi connectivity index (χ1n) is 7.63. The summed E-state index contributed by atoms with van der Waals surface area (Å²) < 4.78 is 0. The van der Waals surface area contributed by atoms with E-state index in [4.69, 9.17) is 0 Å². The Hall–Kier alpha value is -1.87. The second kappa shape index (κ2) is 7.79. The number of rotatable bonds is 7. The monoisotopic (exact) mass is 283 g/mol. The summed E-state index contributed by atoms with van der Waals surface area (Å²) >= 11 is 0. The normalized spacial score (nSPS) is 12.1. The average Bonchev–Trinajstić information content (AvgIpc) is 2.55. The quantitative estimate of drug-likeness (QED) is 0.844. The molecule has 0 aliphatic carbocycles. The molecule has 3 heteroatoms. The predicted octanol–water partition coefficient (Wildman–Crippen LogP) is 3.43. The molecule has 1 heterocycles. The van der Waals surface area contributed by atoms with Gasteiger partial charge in [-0.2, -0.15) is 0 Å². The van der Waals surface area contributed by atoms with Crippen LogP contribution in [0.1, 0.15) is 30.6 Å². The molecule has 0 bridgehead atoms. The molecule has 0 radical (unpaired) electrons. The fourth-order valence-corrected chi connectivity index (χ4v) is 2.52. The van der Waals surface area contributed by atoms with E-state index < -0.39 is 0 Å². The number of anilines is 1. The Bertz CT molecular complexity index is 518. The zero-order valence-electron chi connectivity index (χ0n) is 13.2. The highest BCUT2D eigenvalue weighted by atomic mass is 15.1. The molecule has 1 aromatic carbocycles. The number of hydrogen-bond acceptors (Lipinski definition) is 3. The maximum Gasteiger partial charge on any atom is 0.0421 e. The summed E-state index contributed by atoms with van der Waals surface area (Å²) in [5.74, 6) is 0. The Kier molecular flexibility index (Phi) is 5.76. The first-order chi connectivity index (χ1) is 10.2. The fraction of sp³-hybridized carbons (Fsp3) is 0.389. The van der Waals surface area contributed by atoms with Crippen molar-refractivity contribution in [3.05, 3.63) is 59.9 Å². The minimum Gasteiger partial charge on any atom is -0.374 e. The van der Waals surface area contributed by atoms with Gasteiger partial charge in [-0.1, -0.05) is 25.1 Å². The van der Waals surface area contributed by atoms with Crippen molar-refractivity contribution in [1.29, 1.82) is 0 Å². The van der Waals surface area contributed by atoms with Gasteiger partial charge in [0.25, 0.3) is 0 Å². The van der Waals surface area contributed by atoms with Crippen molar-refractivity contribution >= 4 is 5.69 Å². The van der Waals surface area contributed by atoms with Gasteiger partial charge in [-0.25, -0.2) is 0 Å². The highest BCUT2D eigenvalue weighted by Gasteiger charge is 2.07. The largest absolute Gasteiger partial charge is 0.374 e. The number of likely N-dealkylation sites (N-methyl/N-ethyl adjacent to an activating group) is 1. The van der Waals surface area contributed by atoms with Gasteiger partial charge in [0.2, 0.25) is 0 Å². The molecule has 0 aliphatic rings. The molecule has 0 fully saturated rings. The van der Waals surface area contributed by atoms with Crippen LogP contribution in [0.4, 0.5) is 5.69 Å². The lowest BCUT2D eigenvalue weighted by molar-refractivity contribution is 0.577. The lowest BCUT2D eigenvalue weighted by atomic mass is 10.0. The van der Waals surface area contributed by atoms with Gasteiger partial charge in [0, 0.05) is 43.6 Å². The van der Waals surface area contributed by atoms with Gasteiger partial charge < -0.3 is 10.2 Å². The molecule has 21 heavy (non-hydrogen) atoms. The molecule has 0 aliphatic heterocycles. The standard InChI is InChI=1S/C18H25N3/c1-4-18(19-2)15-8-10-17(11-9-15)21(3)14-12-16-7-5-6-13-20-16/h5-11,13,18-19H,4,12,14H2,1-3H3. The van der Waals surface area contributed by atoms with Crippen LogP contribution in [0, 0.1) is 0 Å². The summed E-state index contributed by atoms with van der Waals surface area (Å²) in [5.41, 5.74) is 3.74. The van der Waals surface area contributed by atoms with Crippen LogP contribution in [0.15, 0.2) is 48.7 Å². The predicted molar refractivity (Wildman–Crippen MR) is 89.7 cm³/mol. The number of nitrogens with one attached hydrogen (secondary N) is 1. The number of benzene rings is 1. The van der Waals surface area contributed by atoms with E-state index >= 15 is 0 Å². The molecular formula is C18H25N3. The van der Waals surface area contributed by atoms with Gasteiger partial charge in [0.05, 0.1) is 0 Å². The molecule has 1 N–H and O–H groups in total. The molecule has 1 atom stereocenters. The summed E-state index contributed by atoms with van der Waals surface area (Å²) in [6.45, 7) is 3.17. The molecular weight excluding hydrogens is 258 g/mol. The van der Waals surface area contributed by atoms with Crippen LogP contribution in [-0.4, -0.2) is 25.6 Å². The Labute approximate surface area is 128 Å². The molecule has 3 nitrogen and oxygen atoms in total. The first kappa shape index (κ1) is 15.5. The fourth-order valence-electron chi connectivity index (χ4n) is 2.52. The van der Waals surface area contributed by atoms with Crippen LogP contribution >= 0.6 is 0 Å². The second-order valence-electron chi connectivity index (χ2n) is 5.33. The van der Waals surface area contributed by atoms with Crippen LogP contribution in [0.3, 0.4) is 0 Å². The van der Waals surface area contributed by atoms with E-state index in [9.17, 15) is 0 Å². The summed E-state index contributed by atoms with van der Waals surface area (Å²) in [6, 6.07) is 15.4. The number of hydrogen-bond donors (Lipinski definition) is 1. The molecule has 2 aromatic rings. The zero-order chi connectivity index (χ0) is 15.1. The third-order valence-electron chi connectivity index (χ3n) is 3.92. The smallest absolute Gasteiger partial charge is 0.0421 e. The molecule has 112 valence electrons. The van der Waals surface area contributed by atoms with E-state index in [2.05, 4.69) is 59.5 Å². The molecule has 0 amide bonds. The molecule has 0 saturated carbocycles. The van der Waals surface area contributed by atoms with Gasteiger partial charge in [-0.05, 0) is 43.3 Å². The third-order valence-corrected chi connectivity index (χ3v) is 3.92. The van der Waals surface area contributed by atoms with Crippen molar-refractivity contribution < 1.29 is 0 Å². The van der Waals surface area contributed by atoms with E-state index in [-0.39, 0.29) is 0 Å². The van der Waals surface area contributed by atoms with Gasteiger partial charge in [-0.3, -0.25) is 4.98 Å². The Morgan fingerprint density at radius 2 is 1.90 bits per heavy atom. The van der Waals surface area contributed by atoms with Crippen LogP contribution in [0.2, 0.25) is 0 Å². The van der Waals surface area contributed by atoms with E-state index in [1.165, 1.54) is 11.3 Å². The Morgan fingerprint density at radius 3 is 2.48 bits per heavy atom. The van der Waals surface area contributed by atoms with Gasteiger partial charge in [-0.15, -0.1) is 0 Å². The topological polar surface area (TPSA) is 28.2 Å². The molecule has 2 rings (SSSR count). The lowest BCUT2D eigenvalue weighted by Crippen LogP contribution is -2.21. The third kappa shape index (κ3) is 4.30. The Balaban J connectivity index is 1.95. The van der Waals surface area contributed by atoms with Gasteiger partial charge >= 0.3 is 0 Å². The van der Waals surface area contributed by atoms with Gasteiger partial charge in [0.1, 0.15) is 0 Å². The molecule has 0 saturated heterocycles. The minimum absolute atomic E-state index is 0.442. The van der Waals surface area contributed by atoms with Gasteiger partial charge in [0.15, 0.2) is 0 Å². The van der Waals surface area contributed by atoms with Crippen molar-refractivity contribution in [3.63, 3.8) is 0 Å². The molecule has 1 unspecified atom stereocenters. The number of nitrogens with zero attached hydrogens (tertiary/aromatic N) is 2. The maximum absolute atomic E-state index is 4.37. The van der Waals surface area contributed by atoms with Crippen LogP contribution < -0.4 is 10.2 Å². The van der Waals surface area contributed by atoms with E-state index in [0.717, 1.165) is 25.1 Å². The molecule has 0 spiro atoms. The van der Waals surface area contributed by atoms with Crippen LogP contribution in [-0.2, 0) is 6.42 Å². The molecule has 1 aromatic heterocycles. The average molecular weight is 283 g/mol. The summed E-state index contributed by atoms with van der Waals surface area (Å²) in [7, 11) is 4.15. The van der Waals surface area contributed by atoms with Crippen molar-refractivity contribution in [2.24, 2.45) is 0 Å². The van der Waals surface area contributed by atoms with Crippen molar-refractivity contribution in [1.82, 2.24) is 10.3 Å². The van der Waals surface area contributed by atoms with E-state index in [1.807, 2.05) is 25.4 Å². The van der Waals surface area contributed by atoms with Crippen LogP contribution in [0.5, 0.6) is 0 Å². The number of pyridine rings is 1.